The van der Waals surface area contributed by atoms with Gasteiger partial charge in [0.1, 0.15) is 11.5 Å². The predicted octanol–water partition coefficient (Wildman–Crippen LogP) is 9.50. The Bertz CT molecular complexity index is 1580. The third-order valence-electron chi connectivity index (χ3n) is 7.08. The van der Waals surface area contributed by atoms with Crippen LogP contribution < -0.4 is 9.47 Å². The maximum absolute atomic E-state index is 5.83. The van der Waals surface area contributed by atoms with Gasteiger partial charge in [-0.15, -0.1) is 0 Å². The summed E-state index contributed by atoms with van der Waals surface area (Å²) in [7, 11) is 3.42. The van der Waals surface area contributed by atoms with E-state index < -0.39 is 0 Å². The molecule has 0 saturated heterocycles. The molecule has 5 aromatic rings. The highest BCUT2D eigenvalue weighted by Crippen LogP contribution is 2.33. The van der Waals surface area contributed by atoms with E-state index in [0.29, 0.717) is 0 Å². The molecule has 0 bridgehead atoms. The Hall–Kier alpha value is -4.82. The second-order valence-corrected chi connectivity index (χ2v) is 9.94. The molecule has 40 heavy (non-hydrogen) atoms. The van der Waals surface area contributed by atoms with Crippen LogP contribution in [0.5, 0.6) is 11.5 Å². The van der Waals surface area contributed by atoms with Crippen molar-refractivity contribution >= 4 is 23.3 Å². The SMILES string of the molecule is COc1ccc(/C(=C/c2ccc(OC)c(C=C(c3ccc(C)cc3)c3ccc(C)cc3)c2)c2ccccc2)cc1. The van der Waals surface area contributed by atoms with Crippen molar-refractivity contribution in [2.45, 2.75) is 13.8 Å². The van der Waals surface area contributed by atoms with Crippen molar-refractivity contribution in [3.63, 3.8) is 0 Å². The third kappa shape index (κ3) is 6.24. The molecule has 0 N–H and O–H groups in total. The standard InChI is InChI=1S/C38H34O2/c1-27-10-15-31(16-11-27)37(32-17-12-28(2)13-18-32)26-34-24-29(14-23-38(34)40-4)25-36(30-8-6-5-7-9-30)33-19-21-35(39-3)22-20-33/h5-26H,1-4H3/b36-25+. The van der Waals surface area contributed by atoms with E-state index in [-0.39, 0.29) is 0 Å². The van der Waals surface area contributed by atoms with Gasteiger partial charge in [-0.2, -0.15) is 0 Å². The molecule has 5 aromatic carbocycles. The fraction of sp³-hybridized carbons (Fsp3) is 0.105. The Labute approximate surface area is 237 Å². The minimum Gasteiger partial charge on any atom is -0.497 e. The summed E-state index contributed by atoms with van der Waals surface area (Å²) < 4.78 is 11.2. The Morgan fingerprint density at radius 1 is 0.500 bits per heavy atom. The fourth-order valence-electron chi connectivity index (χ4n) is 4.80. The van der Waals surface area contributed by atoms with Crippen molar-refractivity contribution in [1.82, 2.24) is 0 Å². The number of hydrogen-bond donors (Lipinski definition) is 0. The molecule has 0 aliphatic rings. The highest BCUT2D eigenvalue weighted by molar-refractivity contribution is 5.94. The first-order valence-corrected chi connectivity index (χ1v) is 13.5. The lowest BCUT2D eigenvalue weighted by Gasteiger charge is -2.14. The summed E-state index contributed by atoms with van der Waals surface area (Å²) in [6, 6.07) is 42.5. The summed E-state index contributed by atoms with van der Waals surface area (Å²) in [5.74, 6) is 1.67. The minimum absolute atomic E-state index is 0.833. The summed E-state index contributed by atoms with van der Waals surface area (Å²) in [5.41, 5.74) is 11.5. The smallest absolute Gasteiger partial charge is 0.126 e. The molecule has 0 aliphatic heterocycles. The average Bonchev–Trinajstić information content (AvgIpc) is 3.00. The van der Waals surface area contributed by atoms with Crippen molar-refractivity contribution in [2.75, 3.05) is 14.2 Å². The highest BCUT2D eigenvalue weighted by atomic mass is 16.5. The van der Waals surface area contributed by atoms with Gasteiger partial charge in [0, 0.05) is 5.56 Å². The molecule has 0 spiro atoms. The van der Waals surface area contributed by atoms with Crippen LogP contribution in [-0.4, -0.2) is 14.2 Å². The molecule has 2 nitrogen and oxygen atoms in total. The monoisotopic (exact) mass is 522 g/mol. The normalized spacial score (nSPS) is 11.2. The van der Waals surface area contributed by atoms with Gasteiger partial charge in [-0.05, 0) is 89.2 Å². The number of methoxy groups -OCH3 is 2. The van der Waals surface area contributed by atoms with E-state index in [2.05, 4.69) is 129 Å². The lowest BCUT2D eigenvalue weighted by atomic mass is 9.92. The van der Waals surface area contributed by atoms with Crippen LogP contribution in [0.2, 0.25) is 0 Å². The Balaban J connectivity index is 1.65. The first-order valence-electron chi connectivity index (χ1n) is 13.5. The van der Waals surface area contributed by atoms with E-state index >= 15 is 0 Å². The van der Waals surface area contributed by atoms with Gasteiger partial charge in [0.25, 0.3) is 0 Å². The van der Waals surface area contributed by atoms with Crippen LogP contribution in [0.25, 0.3) is 23.3 Å². The molecule has 0 atom stereocenters. The summed E-state index contributed by atoms with van der Waals surface area (Å²) in [4.78, 5) is 0. The molecule has 0 fully saturated rings. The lowest BCUT2D eigenvalue weighted by molar-refractivity contribution is 0.414. The van der Waals surface area contributed by atoms with E-state index in [4.69, 9.17) is 9.47 Å². The van der Waals surface area contributed by atoms with Gasteiger partial charge in [0.15, 0.2) is 0 Å². The number of ether oxygens (including phenoxy) is 2. The number of benzene rings is 5. The quantitative estimate of drug-likeness (QED) is 0.189. The molecule has 5 rings (SSSR count). The third-order valence-corrected chi connectivity index (χ3v) is 7.08. The second-order valence-electron chi connectivity index (χ2n) is 9.94. The molecule has 198 valence electrons. The average molecular weight is 523 g/mol. The Kier molecular flexibility index (Phi) is 8.27. The van der Waals surface area contributed by atoms with Gasteiger partial charge < -0.3 is 9.47 Å². The van der Waals surface area contributed by atoms with Crippen LogP contribution in [0.1, 0.15) is 44.5 Å². The van der Waals surface area contributed by atoms with Gasteiger partial charge in [0.05, 0.1) is 14.2 Å². The molecule has 0 radical (unpaired) electrons. The zero-order valence-corrected chi connectivity index (χ0v) is 23.5. The maximum Gasteiger partial charge on any atom is 0.126 e. The molecule has 0 unspecified atom stereocenters. The van der Waals surface area contributed by atoms with Crippen molar-refractivity contribution in [3.8, 4) is 11.5 Å². The minimum atomic E-state index is 0.833. The van der Waals surface area contributed by atoms with E-state index in [9.17, 15) is 0 Å². The topological polar surface area (TPSA) is 18.5 Å². The van der Waals surface area contributed by atoms with Gasteiger partial charge in [-0.1, -0.05) is 108 Å². The molecule has 0 saturated carbocycles. The summed E-state index contributed by atoms with van der Waals surface area (Å²) >= 11 is 0. The van der Waals surface area contributed by atoms with Gasteiger partial charge in [-0.25, -0.2) is 0 Å². The zero-order valence-electron chi connectivity index (χ0n) is 23.5. The molecule has 0 aliphatic carbocycles. The molecule has 0 amide bonds. The number of hydrogen-bond acceptors (Lipinski definition) is 2. The first-order chi connectivity index (χ1) is 19.5. The summed E-state index contributed by atoms with van der Waals surface area (Å²) in [5, 5.41) is 0. The van der Waals surface area contributed by atoms with E-state index in [1.165, 1.54) is 22.3 Å². The lowest BCUT2D eigenvalue weighted by Crippen LogP contribution is -1.93. The van der Waals surface area contributed by atoms with E-state index in [1.807, 2.05) is 18.2 Å². The fourth-order valence-corrected chi connectivity index (χ4v) is 4.80. The second kappa shape index (κ2) is 12.4. The number of aryl methyl sites for hydroxylation is 2. The Morgan fingerprint density at radius 2 is 1.00 bits per heavy atom. The van der Waals surface area contributed by atoms with Crippen molar-refractivity contribution < 1.29 is 9.47 Å². The van der Waals surface area contributed by atoms with Crippen LogP contribution >= 0.6 is 0 Å². The van der Waals surface area contributed by atoms with Crippen molar-refractivity contribution in [2.24, 2.45) is 0 Å². The molecular weight excluding hydrogens is 488 g/mol. The summed E-state index contributed by atoms with van der Waals surface area (Å²) in [6.45, 7) is 4.23. The predicted molar refractivity (Wildman–Crippen MR) is 169 cm³/mol. The van der Waals surface area contributed by atoms with Crippen LogP contribution in [0.4, 0.5) is 0 Å². The van der Waals surface area contributed by atoms with Crippen LogP contribution in [0.15, 0.2) is 121 Å². The summed E-state index contributed by atoms with van der Waals surface area (Å²) in [6.07, 6.45) is 4.48. The molecule has 0 heterocycles. The largest absolute Gasteiger partial charge is 0.497 e. The van der Waals surface area contributed by atoms with Crippen LogP contribution in [0.3, 0.4) is 0 Å². The molecular formula is C38H34O2. The van der Waals surface area contributed by atoms with Gasteiger partial charge >= 0.3 is 0 Å². The van der Waals surface area contributed by atoms with Gasteiger partial charge in [-0.3, -0.25) is 0 Å². The molecule has 2 heteroatoms. The van der Waals surface area contributed by atoms with Gasteiger partial charge in [0.2, 0.25) is 0 Å². The van der Waals surface area contributed by atoms with Crippen molar-refractivity contribution in [3.05, 3.63) is 166 Å². The van der Waals surface area contributed by atoms with Crippen molar-refractivity contribution in [1.29, 1.82) is 0 Å². The van der Waals surface area contributed by atoms with Crippen LogP contribution in [-0.2, 0) is 0 Å². The molecule has 0 aromatic heterocycles. The Morgan fingerprint density at radius 3 is 1.52 bits per heavy atom. The van der Waals surface area contributed by atoms with E-state index in [0.717, 1.165) is 44.9 Å². The highest BCUT2D eigenvalue weighted by Gasteiger charge is 2.11. The number of rotatable bonds is 8. The maximum atomic E-state index is 5.83. The zero-order chi connectivity index (χ0) is 27.9. The van der Waals surface area contributed by atoms with E-state index in [1.54, 1.807) is 14.2 Å². The van der Waals surface area contributed by atoms with Crippen LogP contribution in [0, 0.1) is 13.8 Å². The first kappa shape index (κ1) is 26.8.